The van der Waals surface area contributed by atoms with Crippen LogP contribution in [0.25, 0.3) is 0 Å². The number of rotatable bonds is 5. The number of fused-ring (bicyclic) bond motifs is 1. The number of nitrogens with zero attached hydrogens (tertiary/aromatic N) is 1. The Balaban J connectivity index is 2.18. The predicted molar refractivity (Wildman–Crippen MR) is 75.2 cm³/mol. The lowest BCUT2D eigenvalue weighted by atomic mass is 9.98. The average molecular weight is 276 g/mol. The molecule has 0 radical (unpaired) electrons. The van der Waals surface area contributed by atoms with Crippen molar-refractivity contribution in [1.29, 1.82) is 0 Å². The molecule has 1 atom stereocenters. The van der Waals surface area contributed by atoms with Gasteiger partial charge in [-0.2, -0.15) is 0 Å². The summed E-state index contributed by atoms with van der Waals surface area (Å²) < 4.78 is 0. The fourth-order valence-electron chi connectivity index (χ4n) is 2.43. The van der Waals surface area contributed by atoms with E-state index in [0.717, 1.165) is 11.1 Å². The molecule has 0 fully saturated rings. The first-order valence-corrected chi connectivity index (χ1v) is 6.81. The molecule has 0 saturated heterocycles. The van der Waals surface area contributed by atoms with Crippen LogP contribution in [0.15, 0.2) is 18.2 Å². The molecule has 1 unspecified atom stereocenters. The first kappa shape index (κ1) is 14.5. The summed E-state index contributed by atoms with van der Waals surface area (Å²) >= 11 is 0. The van der Waals surface area contributed by atoms with Gasteiger partial charge in [-0.1, -0.05) is 12.1 Å². The lowest BCUT2D eigenvalue weighted by Crippen LogP contribution is -2.30. The molecule has 5 heteroatoms. The van der Waals surface area contributed by atoms with Crippen LogP contribution >= 0.6 is 0 Å². The topological polar surface area (TPSA) is 83.6 Å². The minimum atomic E-state index is -0.858. The highest BCUT2D eigenvalue weighted by Gasteiger charge is 2.29. The molecule has 108 valence electrons. The highest BCUT2D eigenvalue weighted by Crippen LogP contribution is 2.28. The number of carboxylic acid groups (broad SMARTS) is 1. The summed E-state index contributed by atoms with van der Waals surface area (Å²) in [4.78, 5) is 24.7. The minimum Gasteiger partial charge on any atom is -0.481 e. The number of carbonyl (C=O) groups excluding carboxylic acids is 1. The predicted octanol–water partition coefficient (Wildman–Crippen LogP) is 1.92. The van der Waals surface area contributed by atoms with Crippen LogP contribution in [0.1, 0.15) is 54.2 Å². The SMILES string of the molecule is CC(C)N1Cc2ccc(C(N)CCC(=O)O)cc2C1=O. The van der Waals surface area contributed by atoms with E-state index >= 15 is 0 Å². The number of benzene rings is 1. The molecule has 2 rings (SSSR count). The number of carboxylic acids is 1. The minimum absolute atomic E-state index is 0.0299. The summed E-state index contributed by atoms with van der Waals surface area (Å²) in [5, 5.41) is 8.69. The van der Waals surface area contributed by atoms with Crippen LogP contribution in [0.2, 0.25) is 0 Å². The monoisotopic (exact) mass is 276 g/mol. The molecule has 1 heterocycles. The van der Waals surface area contributed by atoms with Crippen molar-refractivity contribution in [3.05, 3.63) is 34.9 Å². The fourth-order valence-corrected chi connectivity index (χ4v) is 2.43. The zero-order valence-corrected chi connectivity index (χ0v) is 11.8. The zero-order chi connectivity index (χ0) is 14.9. The third-order valence-electron chi connectivity index (χ3n) is 3.69. The van der Waals surface area contributed by atoms with Gasteiger partial charge >= 0.3 is 5.97 Å². The van der Waals surface area contributed by atoms with E-state index in [2.05, 4.69) is 0 Å². The standard InChI is InChI=1S/C15H20N2O3/c1-9(2)17-8-11-4-3-10(7-12(11)15(17)20)13(16)5-6-14(18)19/h3-4,7,9,13H,5-6,8,16H2,1-2H3,(H,18,19). The first-order chi connectivity index (χ1) is 9.40. The molecule has 1 aromatic carbocycles. The molecule has 1 aliphatic heterocycles. The molecule has 3 N–H and O–H groups in total. The Morgan fingerprint density at radius 3 is 2.75 bits per heavy atom. The van der Waals surface area contributed by atoms with Gasteiger partial charge in [-0.25, -0.2) is 0 Å². The van der Waals surface area contributed by atoms with Gasteiger partial charge in [0.15, 0.2) is 0 Å². The van der Waals surface area contributed by atoms with Gasteiger partial charge in [0.05, 0.1) is 0 Å². The second-order valence-corrected chi connectivity index (χ2v) is 5.48. The number of aliphatic carboxylic acids is 1. The summed E-state index contributed by atoms with van der Waals surface area (Å²) in [6.45, 7) is 4.61. The molecule has 20 heavy (non-hydrogen) atoms. The number of nitrogens with two attached hydrogens (primary N) is 1. The van der Waals surface area contributed by atoms with Crippen molar-refractivity contribution in [2.24, 2.45) is 5.73 Å². The quantitative estimate of drug-likeness (QED) is 0.860. The van der Waals surface area contributed by atoms with Gasteiger partial charge in [-0.3, -0.25) is 9.59 Å². The summed E-state index contributed by atoms with van der Waals surface area (Å²) in [6.07, 6.45) is 0.403. The van der Waals surface area contributed by atoms with E-state index in [9.17, 15) is 9.59 Å². The van der Waals surface area contributed by atoms with Gasteiger partial charge < -0.3 is 15.7 Å². The van der Waals surface area contributed by atoms with Crippen molar-refractivity contribution in [1.82, 2.24) is 4.90 Å². The van der Waals surface area contributed by atoms with E-state index in [1.165, 1.54) is 0 Å². The van der Waals surface area contributed by atoms with Crippen LogP contribution in [-0.4, -0.2) is 27.9 Å². The van der Waals surface area contributed by atoms with Crippen molar-refractivity contribution in [3.63, 3.8) is 0 Å². The molecule has 5 nitrogen and oxygen atoms in total. The van der Waals surface area contributed by atoms with Crippen molar-refractivity contribution in [2.45, 2.75) is 45.3 Å². The summed E-state index contributed by atoms with van der Waals surface area (Å²) in [5.74, 6) is -0.828. The van der Waals surface area contributed by atoms with Crippen molar-refractivity contribution < 1.29 is 14.7 Å². The van der Waals surface area contributed by atoms with Crippen molar-refractivity contribution >= 4 is 11.9 Å². The lowest BCUT2D eigenvalue weighted by Gasteiger charge is -2.19. The first-order valence-electron chi connectivity index (χ1n) is 6.81. The van der Waals surface area contributed by atoms with Crippen molar-refractivity contribution in [3.8, 4) is 0 Å². The second kappa shape index (κ2) is 5.63. The maximum Gasteiger partial charge on any atom is 0.303 e. The van der Waals surface area contributed by atoms with Gasteiger partial charge in [-0.15, -0.1) is 0 Å². The van der Waals surface area contributed by atoms with Crippen LogP contribution in [0, 0.1) is 0 Å². The van der Waals surface area contributed by atoms with E-state index in [-0.39, 0.29) is 24.4 Å². The van der Waals surface area contributed by atoms with Gasteiger partial charge in [-0.05, 0) is 37.5 Å². The Morgan fingerprint density at radius 2 is 2.15 bits per heavy atom. The number of hydrogen-bond donors (Lipinski definition) is 2. The molecule has 0 bridgehead atoms. The average Bonchev–Trinajstić information content (AvgIpc) is 2.73. The summed E-state index contributed by atoms with van der Waals surface area (Å²) in [7, 11) is 0. The maximum atomic E-state index is 12.3. The molecular formula is C15H20N2O3. The van der Waals surface area contributed by atoms with E-state index in [1.54, 1.807) is 0 Å². The normalized spacial score (nSPS) is 15.6. The third-order valence-corrected chi connectivity index (χ3v) is 3.69. The molecule has 0 aromatic heterocycles. The molecule has 0 spiro atoms. The Labute approximate surface area is 118 Å². The number of hydrogen-bond acceptors (Lipinski definition) is 3. The molecule has 0 aliphatic carbocycles. The van der Waals surface area contributed by atoms with Crippen molar-refractivity contribution in [2.75, 3.05) is 0 Å². The third kappa shape index (κ3) is 2.82. The smallest absolute Gasteiger partial charge is 0.303 e. The van der Waals surface area contributed by atoms with E-state index in [0.29, 0.717) is 18.5 Å². The Kier molecular flexibility index (Phi) is 4.09. The molecule has 0 saturated carbocycles. The molecule has 1 aromatic rings. The summed E-state index contributed by atoms with van der Waals surface area (Å²) in [6, 6.07) is 5.44. The van der Waals surface area contributed by atoms with E-state index in [4.69, 9.17) is 10.8 Å². The largest absolute Gasteiger partial charge is 0.481 e. The Morgan fingerprint density at radius 1 is 1.45 bits per heavy atom. The molecule has 1 aliphatic rings. The summed E-state index contributed by atoms with van der Waals surface area (Å²) in [5.41, 5.74) is 8.52. The molecular weight excluding hydrogens is 256 g/mol. The highest BCUT2D eigenvalue weighted by molar-refractivity contribution is 5.98. The fraction of sp³-hybridized carbons (Fsp3) is 0.467. The van der Waals surface area contributed by atoms with E-state index in [1.807, 2.05) is 36.9 Å². The zero-order valence-electron chi connectivity index (χ0n) is 11.8. The Hall–Kier alpha value is -1.88. The Bertz CT molecular complexity index is 540. The van der Waals surface area contributed by atoms with Crippen LogP contribution in [0.5, 0.6) is 0 Å². The highest BCUT2D eigenvalue weighted by atomic mass is 16.4. The number of amides is 1. The van der Waals surface area contributed by atoms with Crippen LogP contribution in [-0.2, 0) is 11.3 Å². The van der Waals surface area contributed by atoms with E-state index < -0.39 is 5.97 Å². The maximum absolute atomic E-state index is 12.3. The lowest BCUT2D eigenvalue weighted by molar-refractivity contribution is -0.137. The van der Waals surface area contributed by atoms with Gasteiger partial charge in [0.1, 0.15) is 0 Å². The van der Waals surface area contributed by atoms with Gasteiger partial charge in [0, 0.05) is 30.6 Å². The molecule has 1 amide bonds. The van der Waals surface area contributed by atoms with Gasteiger partial charge in [0.25, 0.3) is 5.91 Å². The second-order valence-electron chi connectivity index (χ2n) is 5.48. The number of carbonyl (C=O) groups is 2. The van der Waals surface area contributed by atoms with Crippen LogP contribution < -0.4 is 5.73 Å². The van der Waals surface area contributed by atoms with Crippen LogP contribution in [0.4, 0.5) is 0 Å². The van der Waals surface area contributed by atoms with Gasteiger partial charge in [0.2, 0.25) is 0 Å². The van der Waals surface area contributed by atoms with Crippen LogP contribution in [0.3, 0.4) is 0 Å².